The minimum Gasteiger partial charge on any atom is -0.502 e. The molecule has 0 saturated heterocycles. The number of phenols is 1. The number of hydrogen-bond donors (Lipinski definition) is 3. The molecule has 0 aromatic heterocycles. The van der Waals surface area contributed by atoms with Crippen molar-refractivity contribution in [3.63, 3.8) is 0 Å². The zero-order valence-electron chi connectivity index (χ0n) is 9.26. The third-order valence-corrected chi connectivity index (χ3v) is 2.05. The molecule has 0 unspecified atom stereocenters. The number of aromatic carboxylic acids is 1. The Morgan fingerprint density at radius 3 is 2.25 bits per heavy atom. The molecule has 108 valence electrons. The van der Waals surface area contributed by atoms with Gasteiger partial charge in [0, 0.05) is 12.1 Å². The van der Waals surface area contributed by atoms with E-state index < -0.39 is 45.7 Å². The van der Waals surface area contributed by atoms with Crippen molar-refractivity contribution in [2.24, 2.45) is 0 Å². The number of aromatic hydroxyl groups is 1. The minimum absolute atomic E-state index is 0.337. The van der Waals surface area contributed by atoms with Crippen molar-refractivity contribution in [2.45, 2.75) is 6.18 Å². The molecule has 20 heavy (non-hydrogen) atoms. The molecule has 11 heteroatoms. The molecule has 0 aliphatic heterocycles. The second kappa shape index (κ2) is 5.03. The highest BCUT2D eigenvalue weighted by Gasteiger charge is 2.39. The van der Waals surface area contributed by atoms with E-state index in [0.29, 0.717) is 12.1 Å². The van der Waals surface area contributed by atoms with Crippen molar-refractivity contribution in [1.82, 2.24) is 0 Å². The number of amides is 1. The number of hydrogen-bond acceptors (Lipinski definition) is 5. The molecule has 0 atom stereocenters. The van der Waals surface area contributed by atoms with Crippen LogP contribution in [0.15, 0.2) is 12.1 Å². The number of nitro benzene ring substituents is 1. The second-order valence-corrected chi connectivity index (χ2v) is 3.40. The fourth-order valence-electron chi connectivity index (χ4n) is 1.20. The minimum atomic E-state index is -5.28. The van der Waals surface area contributed by atoms with E-state index in [1.807, 2.05) is 0 Å². The number of nitrogens with zero attached hydrogens (tertiary/aromatic N) is 1. The maximum atomic E-state index is 12.0. The largest absolute Gasteiger partial charge is 0.502 e. The van der Waals surface area contributed by atoms with Gasteiger partial charge in [-0.05, 0) is 0 Å². The average molecular weight is 294 g/mol. The molecule has 1 aromatic rings. The van der Waals surface area contributed by atoms with Gasteiger partial charge in [-0.15, -0.1) is 0 Å². The van der Waals surface area contributed by atoms with Gasteiger partial charge in [0.25, 0.3) is 0 Å². The summed E-state index contributed by atoms with van der Waals surface area (Å²) < 4.78 is 36.1. The smallest absolute Gasteiger partial charge is 0.471 e. The number of nitrogens with one attached hydrogen (secondary N) is 1. The first kappa shape index (κ1) is 15.2. The highest BCUT2D eigenvalue weighted by Crippen LogP contribution is 2.33. The van der Waals surface area contributed by atoms with E-state index in [4.69, 9.17) is 5.11 Å². The fourth-order valence-corrected chi connectivity index (χ4v) is 1.20. The van der Waals surface area contributed by atoms with Crippen molar-refractivity contribution >= 4 is 23.3 Å². The molecule has 1 aromatic carbocycles. The van der Waals surface area contributed by atoms with Crippen LogP contribution in [-0.4, -0.2) is 33.2 Å². The van der Waals surface area contributed by atoms with Crippen LogP contribution in [0.4, 0.5) is 24.5 Å². The molecule has 0 heterocycles. The molecule has 0 radical (unpaired) electrons. The Labute approximate surface area is 107 Å². The van der Waals surface area contributed by atoms with E-state index in [0.717, 1.165) is 0 Å². The van der Waals surface area contributed by atoms with Crippen LogP contribution in [0, 0.1) is 10.1 Å². The number of anilines is 1. The van der Waals surface area contributed by atoms with Crippen LogP contribution in [0.25, 0.3) is 0 Å². The summed E-state index contributed by atoms with van der Waals surface area (Å²) in [5.74, 6) is -5.38. The molecule has 1 rings (SSSR count). The summed E-state index contributed by atoms with van der Waals surface area (Å²) in [6.07, 6.45) is -5.28. The molecular weight excluding hydrogens is 289 g/mol. The quantitative estimate of drug-likeness (QED) is 0.572. The molecule has 3 N–H and O–H groups in total. The highest BCUT2D eigenvalue weighted by atomic mass is 19.4. The summed E-state index contributed by atoms with van der Waals surface area (Å²) in [7, 11) is 0. The monoisotopic (exact) mass is 294 g/mol. The zero-order valence-corrected chi connectivity index (χ0v) is 9.26. The summed E-state index contributed by atoms with van der Waals surface area (Å²) in [5, 5.41) is 29.6. The van der Waals surface area contributed by atoms with Crippen LogP contribution in [0.5, 0.6) is 5.75 Å². The van der Waals surface area contributed by atoms with Crippen molar-refractivity contribution in [3.05, 3.63) is 27.8 Å². The Balaban J connectivity index is 3.33. The summed E-state index contributed by atoms with van der Waals surface area (Å²) >= 11 is 0. The molecule has 0 fully saturated rings. The van der Waals surface area contributed by atoms with E-state index in [-0.39, 0.29) is 0 Å². The van der Waals surface area contributed by atoms with Gasteiger partial charge in [0.05, 0.1) is 16.2 Å². The molecule has 0 aliphatic carbocycles. The van der Waals surface area contributed by atoms with Crippen LogP contribution in [0.3, 0.4) is 0 Å². The van der Waals surface area contributed by atoms with Crippen molar-refractivity contribution in [2.75, 3.05) is 5.32 Å². The molecule has 0 saturated carbocycles. The van der Waals surface area contributed by atoms with Gasteiger partial charge < -0.3 is 15.5 Å². The molecule has 0 spiro atoms. The number of phenolic OH excluding ortho intramolecular Hbond substituents is 1. The Bertz CT molecular complexity index is 598. The third kappa shape index (κ3) is 3.13. The average Bonchev–Trinajstić information content (AvgIpc) is 2.26. The summed E-state index contributed by atoms with van der Waals surface area (Å²) in [4.78, 5) is 30.8. The Kier molecular flexibility index (Phi) is 3.82. The highest BCUT2D eigenvalue weighted by molar-refractivity contribution is 6.03. The zero-order chi connectivity index (χ0) is 15.7. The molecule has 8 nitrogen and oxygen atoms in total. The van der Waals surface area contributed by atoms with E-state index in [2.05, 4.69) is 0 Å². The van der Waals surface area contributed by atoms with E-state index in [9.17, 15) is 38.0 Å². The summed E-state index contributed by atoms with van der Waals surface area (Å²) in [5.41, 5.74) is -2.90. The number of carbonyl (C=O) groups excluding carboxylic acids is 1. The van der Waals surface area contributed by atoms with Crippen LogP contribution in [0.2, 0.25) is 0 Å². The van der Waals surface area contributed by atoms with Gasteiger partial charge in [-0.2, -0.15) is 13.2 Å². The van der Waals surface area contributed by atoms with Gasteiger partial charge in [0.2, 0.25) is 0 Å². The van der Waals surface area contributed by atoms with Gasteiger partial charge >= 0.3 is 23.7 Å². The van der Waals surface area contributed by atoms with Crippen LogP contribution >= 0.6 is 0 Å². The molecule has 0 aliphatic rings. The number of benzene rings is 1. The predicted octanol–water partition coefficient (Wildman–Crippen LogP) is 1.50. The second-order valence-electron chi connectivity index (χ2n) is 3.40. The van der Waals surface area contributed by atoms with E-state index in [1.54, 1.807) is 0 Å². The number of carboxylic acids is 1. The number of rotatable bonds is 3. The van der Waals surface area contributed by atoms with Gasteiger partial charge in [-0.1, -0.05) is 0 Å². The van der Waals surface area contributed by atoms with E-state index in [1.165, 1.54) is 5.32 Å². The number of halogens is 3. The normalized spacial score (nSPS) is 10.9. The number of alkyl halides is 3. The van der Waals surface area contributed by atoms with Gasteiger partial charge in [-0.3, -0.25) is 14.9 Å². The molecule has 1 amide bonds. The van der Waals surface area contributed by atoms with Gasteiger partial charge in [-0.25, -0.2) is 4.79 Å². The molecular formula is C9H5F3N2O6. The lowest BCUT2D eigenvalue weighted by Gasteiger charge is -2.10. The lowest BCUT2D eigenvalue weighted by Crippen LogP contribution is -2.30. The first-order valence-electron chi connectivity index (χ1n) is 4.67. The van der Waals surface area contributed by atoms with E-state index >= 15 is 0 Å². The lowest BCUT2D eigenvalue weighted by molar-refractivity contribution is -0.385. The van der Waals surface area contributed by atoms with Crippen LogP contribution in [-0.2, 0) is 4.79 Å². The fraction of sp³-hybridized carbons (Fsp3) is 0.111. The van der Waals surface area contributed by atoms with Gasteiger partial charge in [0.15, 0.2) is 5.75 Å². The topological polar surface area (TPSA) is 130 Å². The van der Waals surface area contributed by atoms with Crippen molar-refractivity contribution in [3.8, 4) is 5.75 Å². The summed E-state index contributed by atoms with van der Waals surface area (Å²) in [6, 6.07) is 0.689. The maximum absolute atomic E-state index is 12.0. The Hall–Kier alpha value is -2.85. The standard InChI is InChI=1S/C9H5F3N2O6/c10-9(11,12)8(18)13-4-2-6(15)5(14(19)20)1-3(4)7(16)17/h1-2,15H,(H,13,18)(H,16,17). The maximum Gasteiger partial charge on any atom is 0.471 e. The number of carbonyl (C=O) groups is 2. The first-order chi connectivity index (χ1) is 9.04. The predicted molar refractivity (Wildman–Crippen MR) is 56.4 cm³/mol. The number of nitro groups is 1. The van der Waals surface area contributed by atoms with Crippen LogP contribution < -0.4 is 5.32 Å². The number of carboxylic acid groups (broad SMARTS) is 1. The lowest BCUT2D eigenvalue weighted by atomic mass is 10.1. The molecule has 0 bridgehead atoms. The van der Waals surface area contributed by atoms with Crippen LogP contribution in [0.1, 0.15) is 10.4 Å². The third-order valence-electron chi connectivity index (χ3n) is 2.05. The van der Waals surface area contributed by atoms with Crippen molar-refractivity contribution < 1.29 is 37.9 Å². The summed E-state index contributed by atoms with van der Waals surface area (Å²) in [6.45, 7) is 0. The van der Waals surface area contributed by atoms with Crippen molar-refractivity contribution in [1.29, 1.82) is 0 Å². The Morgan fingerprint density at radius 2 is 1.85 bits per heavy atom. The Morgan fingerprint density at radius 1 is 1.30 bits per heavy atom. The SMILES string of the molecule is O=C(O)c1cc([N+](=O)[O-])c(O)cc1NC(=O)C(F)(F)F. The van der Waals surface area contributed by atoms with Gasteiger partial charge in [0.1, 0.15) is 0 Å². The first-order valence-corrected chi connectivity index (χ1v) is 4.67.